The van der Waals surface area contributed by atoms with Crippen molar-refractivity contribution in [3.63, 3.8) is 0 Å². The smallest absolute Gasteiger partial charge is 0.265 e. The Morgan fingerprint density at radius 3 is 3.00 bits per heavy atom. The summed E-state index contributed by atoms with van der Waals surface area (Å²) in [5.74, 6) is 0.465. The Labute approximate surface area is 132 Å². The number of nitrogens with zero attached hydrogens (tertiary/aromatic N) is 2. The van der Waals surface area contributed by atoms with E-state index < -0.39 is 0 Å². The van der Waals surface area contributed by atoms with Crippen LogP contribution in [0.3, 0.4) is 0 Å². The number of benzene rings is 1. The zero-order valence-electron chi connectivity index (χ0n) is 11.5. The number of carbonyl (C=O) groups excluding carboxylic acids is 1. The van der Waals surface area contributed by atoms with Crippen LogP contribution in [-0.2, 0) is 0 Å². The maximum atomic E-state index is 12.5. The van der Waals surface area contributed by atoms with Crippen molar-refractivity contribution in [1.82, 2.24) is 9.88 Å². The number of rotatable bonds is 3. The molecule has 3 rings (SSSR count). The lowest BCUT2D eigenvalue weighted by Gasteiger charge is -2.14. The second-order valence-electron chi connectivity index (χ2n) is 5.15. The normalized spacial score (nSPS) is 18.2. The van der Waals surface area contributed by atoms with Gasteiger partial charge in [0.25, 0.3) is 5.91 Å². The van der Waals surface area contributed by atoms with E-state index in [2.05, 4.69) is 4.98 Å². The molecular formula is C15H16ClN3OS. The van der Waals surface area contributed by atoms with E-state index in [1.165, 1.54) is 11.3 Å². The molecule has 1 atom stereocenters. The first-order valence-electron chi connectivity index (χ1n) is 6.89. The van der Waals surface area contributed by atoms with Crippen LogP contribution in [0.4, 0.5) is 0 Å². The quantitative estimate of drug-likeness (QED) is 0.945. The van der Waals surface area contributed by atoms with Crippen molar-refractivity contribution in [3.05, 3.63) is 40.4 Å². The first-order chi connectivity index (χ1) is 10.2. The van der Waals surface area contributed by atoms with E-state index in [0.29, 0.717) is 22.4 Å². The number of likely N-dealkylation sites (tertiary alicyclic amines) is 1. The van der Waals surface area contributed by atoms with E-state index in [9.17, 15) is 4.79 Å². The van der Waals surface area contributed by atoms with Gasteiger partial charge in [0.15, 0.2) is 0 Å². The molecule has 1 aromatic heterocycles. The molecule has 21 heavy (non-hydrogen) atoms. The summed E-state index contributed by atoms with van der Waals surface area (Å²) in [4.78, 5) is 19.3. The molecular weight excluding hydrogens is 306 g/mol. The van der Waals surface area contributed by atoms with Crippen LogP contribution in [0.1, 0.15) is 16.1 Å². The van der Waals surface area contributed by atoms with Crippen LogP contribution in [-0.4, -0.2) is 35.4 Å². The molecule has 4 nitrogen and oxygen atoms in total. The Morgan fingerprint density at radius 2 is 2.29 bits per heavy atom. The SMILES string of the molecule is NC[C@@H]1CCN(C(=O)c2cnc(-c3ccccc3Cl)s2)C1. The van der Waals surface area contributed by atoms with Gasteiger partial charge in [-0.3, -0.25) is 4.79 Å². The fourth-order valence-corrected chi connectivity index (χ4v) is 3.70. The lowest BCUT2D eigenvalue weighted by Crippen LogP contribution is -2.29. The van der Waals surface area contributed by atoms with Crippen LogP contribution in [0.25, 0.3) is 10.6 Å². The third-order valence-electron chi connectivity index (χ3n) is 3.73. The Kier molecular flexibility index (Phi) is 4.24. The minimum Gasteiger partial charge on any atom is -0.338 e. The van der Waals surface area contributed by atoms with Crippen molar-refractivity contribution in [2.24, 2.45) is 11.7 Å². The monoisotopic (exact) mass is 321 g/mol. The number of nitrogens with two attached hydrogens (primary N) is 1. The van der Waals surface area contributed by atoms with Crippen molar-refractivity contribution < 1.29 is 4.79 Å². The zero-order valence-corrected chi connectivity index (χ0v) is 13.0. The molecule has 1 amide bonds. The summed E-state index contributed by atoms with van der Waals surface area (Å²) < 4.78 is 0. The van der Waals surface area contributed by atoms with Gasteiger partial charge in [-0.25, -0.2) is 4.98 Å². The van der Waals surface area contributed by atoms with Gasteiger partial charge >= 0.3 is 0 Å². The van der Waals surface area contributed by atoms with Crippen LogP contribution >= 0.6 is 22.9 Å². The lowest BCUT2D eigenvalue weighted by atomic mass is 10.1. The Bertz CT molecular complexity index is 658. The molecule has 2 heterocycles. The van der Waals surface area contributed by atoms with E-state index in [4.69, 9.17) is 17.3 Å². The maximum Gasteiger partial charge on any atom is 0.265 e. The molecule has 0 saturated carbocycles. The van der Waals surface area contributed by atoms with Gasteiger partial charge in [-0.2, -0.15) is 0 Å². The predicted octanol–water partition coefficient (Wildman–Crippen LogP) is 2.88. The molecule has 0 radical (unpaired) electrons. The third kappa shape index (κ3) is 2.95. The molecule has 0 spiro atoms. The van der Waals surface area contributed by atoms with E-state index >= 15 is 0 Å². The summed E-state index contributed by atoms with van der Waals surface area (Å²) in [6.07, 6.45) is 2.62. The summed E-state index contributed by atoms with van der Waals surface area (Å²) in [7, 11) is 0. The Balaban J connectivity index is 1.79. The van der Waals surface area contributed by atoms with E-state index in [0.717, 1.165) is 30.1 Å². The van der Waals surface area contributed by atoms with Crippen LogP contribution in [0, 0.1) is 5.92 Å². The average Bonchev–Trinajstić information content (AvgIpc) is 3.16. The fraction of sp³-hybridized carbons (Fsp3) is 0.333. The summed E-state index contributed by atoms with van der Waals surface area (Å²) in [5.41, 5.74) is 6.53. The second kappa shape index (κ2) is 6.13. The van der Waals surface area contributed by atoms with Gasteiger partial charge in [0.2, 0.25) is 0 Å². The Morgan fingerprint density at radius 1 is 1.48 bits per heavy atom. The lowest BCUT2D eigenvalue weighted by molar-refractivity contribution is 0.0792. The van der Waals surface area contributed by atoms with Crippen LogP contribution in [0.2, 0.25) is 5.02 Å². The summed E-state index contributed by atoms with van der Waals surface area (Å²) >= 11 is 7.56. The summed E-state index contributed by atoms with van der Waals surface area (Å²) in [5, 5.41) is 1.42. The van der Waals surface area contributed by atoms with Gasteiger partial charge in [0.1, 0.15) is 9.88 Å². The van der Waals surface area contributed by atoms with E-state index in [1.807, 2.05) is 29.2 Å². The summed E-state index contributed by atoms with van der Waals surface area (Å²) in [6.45, 7) is 2.16. The molecule has 0 aliphatic carbocycles. The van der Waals surface area contributed by atoms with Crippen LogP contribution in [0.5, 0.6) is 0 Å². The fourth-order valence-electron chi connectivity index (χ4n) is 2.50. The third-order valence-corrected chi connectivity index (χ3v) is 5.08. The second-order valence-corrected chi connectivity index (χ2v) is 6.59. The minimum atomic E-state index is 0.0433. The van der Waals surface area contributed by atoms with Gasteiger partial charge < -0.3 is 10.6 Å². The molecule has 1 aliphatic heterocycles. The van der Waals surface area contributed by atoms with Crippen molar-refractivity contribution in [1.29, 1.82) is 0 Å². The highest BCUT2D eigenvalue weighted by Gasteiger charge is 2.27. The first-order valence-corrected chi connectivity index (χ1v) is 8.08. The van der Waals surface area contributed by atoms with E-state index in [-0.39, 0.29) is 5.91 Å². The molecule has 1 aliphatic rings. The van der Waals surface area contributed by atoms with Crippen LogP contribution < -0.4 is 5.73 Å². The molecule has 0 unspecified atom stereocenters. The van der Waals surface area contributed by atoms with Crippen molar-refractivity contribution in [2.75, 3.05) is 19.6 Å². The van der Waals surface area contributed by atoms with Gasteiger partial charge in [0, 0.05) is 18.7 Å². The molecule has 1 saturated heterocycles. The highest BCUT2D eigenvalue weighted by Crippen LogP contribution is 2.31. The molecule has 1 fully saturated rings. The predicted molar refractivity (Wildman–Crippen MR) is 85.6 cm³/mol. The Hall–Kier alpha value is -1.43. The number of amides is 1. The molecule has 6 heteroatoms. The molecule has 2 aromatic rings. The average molecular weight is 322 g/mol. The minimum absolute atomic E-state index is 0.0433. The van der Waals surface area contributed by atoms with Gasteiger partial charge in [0.05, 0.1) is 11.2 Å². The first kappa shape index (κ1) is 14.5. The molecule has 1 aromatic carbocycles. The van der Waals surface area contributed by atoms with Gasteiger partial charge in [-0.15, -0.1) is 11.3 Å². The maximum absolute atomic E-state index is 12.5. The standard InChI is InChI=1S/C15H16ClN3OS/c16-12-4-2-1-3-11(12)14-18-8-13(21-14)15(20)19-6-5-10(7-17)9-19/h1-4,8,10H,5-7,9,17H2/t10-/m0/s1. The number of carbonyl (C=O) groups is 1. The largest absolute Gasteiger partial charge is 0.338 e. The van der Waals surface area contributed by atoms with Crippen molar-refractivity contribution >= 4 is 28.8 Å². The van der Waals surface area contributed by atoms with Crippen LogP contribution in [0.15, 0.2) is 30.5 Å². The number of thiazole rings is 1. The number of halogens is 1. The number of hydrogen-bond donors (Lipinski definition) is 1. The highest BCUT2D eigenvalue weighted by atomic mass is 35.5. The molecule has 0 bridgehead atoms. The van der Waals surface area contributed by atoms with Gasteiger partial charge in [-0.05, 0) is 24.9 Å². The van der Waals surface area contributed by atoms with E-state index in [1.54, 1.807) is 6.20 Å². The topological polar surface area (TPSA) is 59.2 Å². The summed E-state index contributed by atoms with van der Waals surface area (Å²) in [6, 6.07) is 7.53. The van der Waals surface area contributed by atoms with Crippen molar-refractivity contribution in [3.8, 4) is 10.6 Å². The van der Waals surface area contributed by atoms with Gasteiger partial charge in [-0.1, -0.05) is 29.8 Å². The molecule has 110 valence electrons. The highest BCUT2D eigenvalue weighted by molar-refractivity contribution is 7.17. The zero-order chi connectivity index (χ0) is 14.8. The number of hydrogen-bond acceptors (Lipinski definition) is 4. The van der Waals surface area contributed by atoms with Crippen molar-refractivity contribution in [2.45, 2.75) is 6.42 Å². The number of aromatic nitrogens is 1. The molecule has 2 N–H and O–H groups in total.